The van der Waals surface area contributed by atoms with Crippen LogP contribution in [-0.4, -0.2) is 19.0 Å². The Labute approximate surface area is 148 Å². The summed E-state index contributed by atoms with van der Waals surface area (Å²) in [7, 11) is 1.61. The molecule has 1 fully saturated rings. The Bertz CT molecular complexity index is 764. The molecule has 4 heteroatoms. The number of nitriles is 1. The van der Waals surface area contributed by atoms with Crippen molar-refractivity contribution < 1.29 is 14.3 Å². The van der Waals surface area contributed by atoms with Crippen molar-refractivity contribution in [2.75, 3.05) is 7.11 Å². The van der Waals surface area contributed by atoms with Crippen molar-refractivity contribution in [2.24, 2.45) is 0 Å². The molecule has 0 spiro atoms. The molecule has 1 saturated heterocycles. The van der Waals surface area contributed by atoms with Crippen LogP contribution in [0.15, 0.2) is 54.6 Å². The molecular formula is C21H21NO3. The van der Waals surface area contributed by atoms with E-state index in [1.807, 2.05) is 54.6 Å². The van der Waals surface area contributed by atoms with Crippen LogP contribution >= 0.6 is 0 Å². The number of Topliss-reactive ketones (excluding diaryl/α,β-unsaturated/α-hetero) is 1. The zero-order valence-corrected chi connectivity index (χ0v) is 14.3. The summed E-state index contributed by atoms with van der Waals surface area (Å²) in [5, 5.41) is 9.80. The van der Waals surface area contributed by atoms with Gasteiger partial charge in [0.15, 0.2) is 11.4 Å². The van der Waals surface area contributed by atoms with E-state index in [0.29, 0.717) is 18.4 Å². The van der Waals surface area contributed by atoms with Gasteiger partial charge in [-0.1, -0.05) is 42.5 Å². The van der Waals surface area contributed by atoms with Gasteiger partial charge in [-0.3, -0.25) is 4.79 Å². The highest BCUT2D eigenvalue weighted by Crippen LogP contribution is 2.39. The number of ether oxygens (including phenoxy) is 2. The van der Waals surface area contributed by atoms with Gasteiger partial charge >= 0.3 is 0 Å². The first kappa shape index (κ1) is 17.2. The fourth-order valence-electron chi connectivity index (χ4n) is 3.29. The fourth-order valence-corrected chi connectivity index (χ4v) is 3.29. The molecule has 1 aliphatic rings. The molecule has 4 nitrogen and oxygen atoms in total. The van der Waals surface area contributed by atoms with Crippen molar-refractivity contribution in [1.82, 2.24) is 0 Å². The van der Waals surface area contributed by atoms with Gasteiger partial charge < -0.3 is 9.47 Å². The van der Waals surface area contributed by atoms with E-state index in [2.05, 4.69) is 6.07 Å². The number of carbonyl (C=O) groups excluding carboxylic acids is 1. The normalized spacial score (nSPS) is 22.8. The molecule has 2 aromatic rings. The highest BCUT2D eigenvalue weighted by Gasteiger charge is 2.39. The van der Waals surface area contributed by atoms with Crippen LogP contribution in [0.4, 0.5) is 0 Å². The molecule has 0 amide bonds. The number of rotatable bonds is 5. The van der Waals surface area contributed by atoms with Gasteiger partial charge in [0.2, 0.25) is 0 Å². The second kappa shape index (κ2) is 7.50. The lowest BCUT2D eigenvalue weighted by atomic mass is 9.85. The summed E-state index contributed by atoms with van der Waals surface area (Å²) in [6, 6.07) is 18.9. The lowest BCUT2D eigenvalue weighted by Gasteiger charge is -2.36. The van der Waals surface area contributed by atoms with Crippen molar-refractivity contribution in [2.45, 2.75) is 37.4 Å². The second-order valence-electron chi connectivity index (χ2n) is 6.29. The lowest BCUT2D eigenvalue weighted by molar-refractivity contribution is -0.0976. The van der Waals surface area contributed by atoms with Crippen molar-refractivity contribution in [3.05, 3.63) is 65.7 Å². The molecule has 2 atom stereocenters. The molecule has 0 aliphatic carbocycles. The Kier molecular flexibility index (Phi) is 5.16. The van der Waals surface area contributed by atoms with E-state index in [-0.39, 0.29) is 11.9 Å². The first-order valence-corrected chi connectivity index (χ1v) is 8.49. The maximum atomic E-state index is 12.5. The summed E-state index contributed by atoms with van der Waals surface area (Å²) in [4.78, 5) is 12.5. The van der Waals surface area contributed by atoms with Crippen molar-refractivity contribution in [1.29, 1.82) is 5.26 Å². The van der Waals surface area contributed by atoms with Crippen LogP contribution in [0.25, 0.3) is 0 Å². The topological polar surface area (TPSA) is 59.3 Å². The molecule has 1 aliphatic heterocycles. The zero-order valence-electron chi connectivity index (χ0n) is 14.3. The average molecular weight is 335 g/mol. The van der Waals surface area contributed by atoms with E-state index in [4.69, 9.17) is 9.47 Å². The Morgan fingerprint density at radius 2 is 1.96 bits per heavy atom. The van der Waals surface area contributed by atoms with Gasteiger partial charge in [0, 0.05) is 12.0 Å². The highest BCUT2D eigenvalue weighted by atomic mass is 16.5. The van der Waals surface area contributed by atoms with Gasteiger partial charge in [0.25, 0.3) is 0 Å². The first-order chi connectivity index (χ1) is 12.2. The summed E-state index contributed by atoms with van der Waals surface area (Å²) in [5.74, 6) is 0.789. The SMILES string of the molecule is COc1ccc([C@@]2(C#N)CCC[C@@H](CC(=O)c3ccccc3)O2)cc1. The Hall–Kier alpha value is -2.64. The Morgan fingerprint density at radius 3 is 2.60 bits per heavy atom. The molecular weight excluding hydrogens is 314 g/mol. The van der Waals surface area contributed by atoms with E-state index in [1.165, 1.54) is 0 Å². The van der Waals surface area contributed by atoms with Gasteiger partial charge in [-0.2, -0.15) is 5.26 Å². The minimum Gasteiger partial charge on any atom is -0.497 e. The third kappa shape index (κ3) is 3.72. The van der Waals surface area contributed by atoms with Crippen LogP contribution in [0.1, 0.15) is 41.6 Å². The minimum absolute atomic E-state index is 0.0501. The van der Waals surface area contributed by atoms with E-state index in [0.717, 1.165) is 24.2 Å². The summed E-state index contributed by atoms with van der Waals surface area (Å²) in [5.41, 5.74) is 0.503. The molecule has 25 heavy (non-hydrogen) atoms. The smallest absolute Gasteiger partial charge is 0.179 e. The Balaban J connectivity index is 1.76. The van der Waals surface area contributed by atoms with Crippen LogP contribution in [-0.2, 0) is 10.3 Å². The molecule has 0 aromatic heterocycles. The molecule has 1 heterocycles. The van der Waals surface area contributed by atoms with Gasteiger partial charge in [-0.25, -0.2) is 0 Å². The second-order valence-corrected chi connectivity index (χ2v) is 6.29. The number of hydrogen-bond donors (Lipinski definition) is 0. The predicted octanol–water partition coefficient (Wildman–Crippen LogP) is 4.26. The van der Waals surface area contributed by atoms with Crippen LogP contribution in [0, 0.1) is 11.3 Å². The maximum Gasteiger partial charge on any atom is 0.179 e. The van der Waals surface area contributed by atoms with Crippen LogP contribution in [0.3, 0.4) is 0 Å². The van der Waals surface area contributed by atoms with Crippen molar-refractivity contribution in [3.63, 3.8) is 0 Å². The average Bonchev–Trinajstić information content (AvgIpc) is 2.69. The highest BCUT2D eigenvalue weighted by molar-refractivity contribution is 5.96. The number of carbonyl (C=O) groups is 1. The van der Waals surface area contributed by atoms with E-state index >= 15 is 0 Å². The maximum absolute atomic E-state index is 12.5. The summed E-state index contributed by atoms with van der Waals surface area (Å²) < 4.78 is 11.3. The third-order valence-corrected chi connectivity index (χ3v) is 4.67. The quantitative estimate of drug-likeness (QED) is 0.766. The summed E-state index contributed by atoms with van der Waals surface area (Å²) in [6.45, 7) is 0. The van der Waals surface area contributed by atoms with Crippen LogP contribution in [0.5, 0.6) is 5.75 Å². The number of benzene rings is 2. The van der Waals surface area contributed by atoms with Crippen molar-refractivity contribution in [3.8, 4) is 11.8 Å². The van der Waals surface area contributed by atoms with Crippen LogP contribution < -0.4 is 4.74 Å². The lowest BCUT2D eigenvalue weighted by Crippen LogP contribution is -2.38. The molecule has 2 aromatic carbocycles. The molecule has 128 valence electrons. The van der Waals surface area contributed by atoms with Crippen molar-refractivity contribution >= 4 is 5.78 Å². The fraction of sp³-hybridized carbons (Fsp3) is 0.333. The van der Waals surface area contributed by atoms with Gasteiger partial charge in [-0.05, 0) is 37.0 Å². The number of ketones is 1. The van der Waals surface area contributed by atoms with Gasteiger partial charge in [0.05, 0.1) is 13.2 Å². The molecule has 0 unspecified atom stereocenters. The number of methoxy groups -OCH3 is 1. The standard InChI is InChI=1S/C21H21NO3/c1-24-18-11-9-17(10-12-18)21(15-22)13-5-8-19(25-21)14-20(23)16-6-3-2-4-7-16/h2-4,6-7,9-12,19H,5,8,13-14H2,1H3/t19-,21-/m0/s1. The largest absolute Gasteiger partial charge is 0.497 e. The first-order valence-electron chi connectivity index (χ1n) is 8.49. The summed E-state index contributed by atoms with van der Waals surface area (Å²) in [6.07, 6.45) is 2.32. The molecule has 0 bridgehead atoms. The van der Waals surface area contributed by atoms with E-state index in [9.17, 15) is 10.1 Å². The Morgan fingerprint density at radius 1 is 1.24 bits per heavy atom. The van der Waals surface area contributed by atoms with Gasteiger partial charge in [0.1, 0.15) is 11.8 Å². The molecule has 0 radical (unpaired) electrons. The zero-order chi connectivity index (χ0) is 17.7. The minimum atomic E-state index is -0.994. The number of hydrogen-bond acceptors (Lipinski definition) is 4. The number of nitrogens with zero attached hydrogens (tertiary/aromatic N) is 1. The molecule has 3 rings (SSSR count). The van der Waals surface area contributed by atoms with Crippen LogP contribution in [0.2, 0.25) is 0 Å². The molecule has 0 saturated carbocycles. The predicted molar refractivity (Wildman–Crippen MR) is 94.4 cm³/mol. The van der Waals surface area contributed by atoms with E-state index in [1.54, 1.807) is 7.11 Å². The third-order valence-electron chi connectivity index (χ3n) is 4.67. The van der Waals surface area contributed by atoms with Gasteiger partial charge in [-0.15, -0.1) is 0 Å². The monoisotopic (exact) mass is 335 g/mol. The molecule has 0 N–H and O–H groups in total. The summed E-state index contributed by atoms with van der Waals surface area (Å²) >= 11 is 0. The van der Waals surface area contributed by atoms with E-state index < -0.39 is 5.60 Å².